The number of carbonyl (C=O) groups is 2. The van der Waals surface area contributed by atoms with Crippen LogP contribution in [0.1, 0.15) is 48.8 Å². The molecule has 0 spiro atoms. The molecule has 0 bridgehead atoms. The second-order valence-electron chi connectivity index (χ2n) is 12.0. The van der Waals surface area contributed by atoms with Gasteiger partial charge in [0.2, 0.25) is 11.8 Å². The predicted molar refractivity (Wildman–Crippen MR) is 188 cm³/mol. The van der Waals surface area contributed by atoms with Gasteiger partial charge in [0.1, 0.15) is 12.6 Å². The monoisotopic (exact) mass is 691 g/mol. The molecule has 1 fully saturated rings. The number of nitrogens with one attached hydrogen (secondary N) is 1. The average Bonchev–Trinajstić information content (AvgIpc) is 3.08. The number of rotatable bonds is 12. The zero-order chi connectivity index (χ0) is 33.4. The number of benzene rings is 4. The Hall–Kier alpha value is -3.85. The molecule has 1 N–H and O–H groups in total. The molecule has 0 heterocycles. The first kappa shape index (κ1) is 34.5. The normalized spacial score (nSPS) is 14.3. The van der Waals surface area contributed by atoms with Crippen LogP contribution < -0.4 is 9.62 Å². The van der Waals surface area contributed by atoms with Crippen LogP contribution in [0.5, 0.6) is 0 Å². The fourth-order valence-corrected chi connectivity index (χ4v) is 7.60. The van der Waals surface area contributed by atoms with Gasteiger partial charge in [-0.1, -0.05) is 109 Å². The molecule has 4 aromatic rings. The third-order valence-corrected chi connectivity index (χ3v) is 11.0. The molecule has 246 valence electrons. The van der Waals surface area contributed by atoms with Gasteiger partial charge in [-0.25, -0.2) is 8.42 Å². The molecule has 1 aliphatic carbocycles. The predicted octanol–water partition coefficient (Wildman–Crippen LogP) is 7.59. The van der Waals surface area contributed by atoms with Crippen LogP contribution in [0.25, 0.3) is 0 Å². The van der Waals surface area contributed by atoms with Gasteiger partial charge in [-0.2, -0.15) is 0 Å². The second kappa shape index (κ2) is 15.8. The lowest BCUT2D eigenvalue weighted by Gasteiger charge is -2.35. The molecule has 1 aliphatic rings. The fourth-order valence-electron chi connectivity index (χ4n) is 5.87. The molecule has 0 aliphatic heterocycles. The number of sulfonamides is 1. The van der Waals surface area contributed by atoms with Crippen LogP contribution in [-0.2, 0) is 32.6 Å². The van der Waals surface area contributed by atoms with Crippen molar-refractivity contribution in [1.82, 2.24) is 10.2 Å². The molecular formula is C37H39Cl2N3O4S. The largest absolute Gasteiger partial charge is 0.352 e. The molecule has 7 nitrogen and oxygen atoms in total. The highest BCUT2D eigenvalue weighted by Gasteiger charge is 2.35. The van der Waals surface area contributed by atoms with Crippen LogP contribution in [0.4, 0.5) is 5.69 Å². The van der Waals surface area contributed by atoms with E-state index in [0.717, 1.165) is 53.1 Å². The van der Waals surface area contributed by atoms with E-state index in [1.54, 1.807) is 60.7 Å². The number of halogens is 2. The minimum Gasteiger partial charge on any atom is -0.352 e. The number of aryl methyl sites for hydroxylation is 1. The maximum Gasteiger partial charge on any atom is 0.264 e. The van der Waals surface area contributed by atoms with Gasteiger partial charge in [0.15, 0.2) is 0 Å². The van der Waals surface area contributed by atoms with Gasteiger partial charge in [0.05, 0.1) is 10.6 Å². The molecular weight excluding hydrogens is 653 g/mol. The molecule has 4 aromatic carbocycles. The van der Waals surface area contributed by atoms with Crippen LogP contribution in [-0.4, -0.2) is 43.8 Å². The molecule has 1 saturated carbocycles. The summed E-state index contributed by atoms with van der Waals surface area (Å²) in [6, 6.07) is 28.6. The summed E-state index contributed by atoms with van der Waals surface area (Å²) in [5.41, 5.74) is 2.65. The lowest BCUT2D eigenvalue weighted by molar-refractivity contribution is -0.140. The number of carbonyl (C=O) groups excluding carboxylic acids is 2. The standard InChI is InChI=1S/C37H39Cl2N3O4S/c1-27-17-22-32(24-34(27)39)42(47(45,46)33-15-9-4-10-16-33)26-36(43)41(25-29-18-20-30(38)21-19-29)35(23-28-11-5-2-6-12-28)37(44)40-31-13-7-3-8-14-31/h2,4-6,9-12,15-22,24,31,35H,3,7-8,13-14,23,25-26H2,1H3,(H,40,44)/t35-/m1/s1. The van der Waals surface area contributed by atoms with Gasteiger partial charge in [-0.05, 0) is 72.9 Å². The number of hydrogen-bond acceptors (Lipinski definition) is 4. The van der Waals surface area contributed by atoms with Gasteiger partial charge >= 0.3 is 0 Å². The first-order valence-electron chi connectivity index (χ1n) is 15.8. The van der Waals surface area contributed by atoms with E-state index in [9.17, 15) is 18.0 Å². The van der Waals surface area contributed by atoms with E-state index >= 15 is 0 Å². The van der Waals surface area contributed by atoms with Crippen molar-refractivity contribution in [3.63, 3.8) is 0 Å². The Morgan fingerprint density at radius 1 is 0.830 bits per heavy atom. The van der Waals surface area contributed by atoms with Crippen LogP contribution in [0.3, 0.4) is 0 Å². The third-order valence-electron chi connectivity index (χ3n) is 8.54. The average molecular weight is 693 g/mol. The van der Waals surface area contributed by atoms with Crippen molar-refractivity contribution in [1.29, 1.82) is 0 Å². The van der Waals surface area contributed by atoms with E-state index in [2.05, 4.69) is 5.32 Å². The van der Waals surface area contributed by atoms with Gasteiger partial charge < -0.3 is 10.2 Å². The Bertz CT molecular complexity index is 1760. The topological polar surface area (TPSA) is 86.8 Å². The minimum atomic E-state index is -4.21. The van der Waals surface area contributed by atoms with Gasteiger partial charge in [-0.3, -0.25) is 13.9 Å². The molecule has 0 aromatic heterocycles. The number of amides is 2. The Balaban J connectivity index is 1.56. The summed E-state index contributed by atoms with van der Waals surface area (Å²) in [6.45, 7) is 1.34. The van der Waals surface area contributed by atoms with E-state index in [1.807, 2.05) is 37.3 Å². The molecule has 0 radical (unpaired) electrons. The summed E-state index contributed by atoms with van der Waals surface area (Å²) in [7, 11) is -4.21. The molecule has 0 unspecified atom stereocenters. The molecule has 47 heavy (non-hydrogen) atoms. The van der Waals surface area contributed by atoms with Gasteiger partial charge in [0, 0.05) is 29.1 Å². The summed E-state index contributed by atoms with van der Waals surface area (Å²) in [5, 5.41) is 4.13. The number of hydrogen-bond donors (Lipinski definition) is 1. The minimum absolute atomic E-state index is 0.0201. The summed E-state index contributed by atoms with van der Waals surface area (Å²) in [4.78, 5) is 30.4. The zero-order valence-electron chi connectivity index (χ0n) is 26.3. The van der Waals surface area contributed by atoms with E-state index in [1.165, 1.54) is 17.0 Å². The Kier molecular flexibility index (Phi) is 11.6. The summed E-state index contributed by atoms with van der Waals surface area (Å²) >= 11 is 12.6. The molecule has 5 rings (SSSR count). The lowest BCUT2D eigenvalue weighted by atomic mass is 9.94. The summed E-state index contributed by atoms with van der Waals surface area (Å²) < 4.78 is 29.4. The number of anilines is 1. The second-order valence-corrected chi connectivity index (χ2v) is 14.7. The highest BCUT2D eigenvalue weighted by Crippen LogP contribution is 2.29. The highest BCUT2D eigenvalue weighted by atomic mass is 35.5. The lowest BCUT2D eigenvalue weighted by Crippen LogP contribution is -2.55. The molecule has 2 amide bonds. The van der Waals surface area contributed by atoms with Crippen molar-refractivity contribution in [3.05, 3.63) is 130 Å². The van der Waals surface area contributed by atoms with E-state index in [-0.39, 0.29) is 35.5 Å². The van der Waals surface area contributed by atoms with Crippen molar-refractivity contribution in [2.75, 3.05) is 10.8 Å². The van der Waals surface area contributed by atoms with Crippen molar-refractivity contribution in [3.8, 4) is 0 Å². The number of nitrogens with zero attached hydrogens (tertiary/aromatic N) is 2. The smallest absolute Gasteiger partial charge is 0.264 e. The van der Waals surface area contributed by atoms with Gasteiger partial charge in [-0.15, -0.1) is 0 Å². The van der Waals surface area contributed by atoms with Gasteiger partial charge in [0.25, 0.3) is 10.0 Å². The zero-order valence-corrected chi connectivity index (χ0v) is 28.6. The molecule has 10 heteroatoms. The maximum atomic E-state index is 14.6. The van der Waals surface area contributed by atoms with E-state index in [0.29, 0.717) is 10.0 Å². The SMILES string of the molecule is Cc1ccc(N(CC(=O)N(Cc2ccc(Cl)cc2)[C@H](Cc2ccccc2)C(=O)NC2CCCCC2)S(=O)(=O)c2ccccc2)cc1Cl. The molecule has 1 atom stereocenters. The summed E-state index contributed by atoms with van der Waals surface area (Å²) in [5.74, 6) is -0.796. The van der Waals surface area contributed by atoms with Crippen LogP contribution in [0.2, 0.25) is 10.0 Å². The maximum absolute atomic E-state index is 14.6. The molecule has 0 saturated heterocycles. The summed E-state index contributed by atoms with van der Waals surface area (Å²) in [6.07, 6.45) is 5.22. The van der Waals surface area contributed by atoms with Crippen molar-refractivity contribution >= 4 is 50.7 Å². The van der Waals surface area contributed by atoms with Crippen LogP contribution >= 0.6 is 23.2 Å². The van der Waals surface area contributed by atoms with Crippen molar-refractivity contribution < 1.29 is 18.0 Å². The Labute approximate surface area is 287 Å². The Morgan fingerprint density at radius 2 is 1.47 bits per heavy atom. The van der Waals surface area contributed by atoms with Crippen LogP contribution in [0, 0.1) is 6.92 Å². The fraction of sp³-hybridized carbons (Fsp3) is 0.297. The van der Waals surface area contributed by atoms with E-state index < -0.39 is 28.5 Å². The Morgan fingerprint density at radius 3 is 2.11 bits per heavy atom. The quantitative estimate of drug-likeness (QED) is 0.166. The van der Waals surface area contributed by atoms with Crippen LogP contribution in [0.15, 0.2) is 108 Å². The highest BCUT2D eigenvalue weighted by molar-refractivity contribution is 7.92. The van der Waals surface area contributed by atoms with E-state index in [4.69, 9.17) is 23.2 Å². The first-order valence-corrected chi connectivity index (χ1v) is 18.0. The first-order chi connectivity index (χ1) is 22.6. The van der Waals surface area contributed by atoms with Crippen molar-refractivity contribution in [2.45, 2.75) is 69.0 Å². The third kappa shape index (κ3) is 8.95. The van der Waals surface area contributed by atoms with Crippen molar-refractivity contribution in [2.24, 2.45) is 0 Å².